The Labute approximate surface area is 166 Å². The van der Waals surface area contributed by atoms with Crippen LogP contribution in [0.15, 0.2) is 54.6 Å². The Morgan fingerprint density at radius 2 is 1.61 bits per heavy atom. The molecule has 0 radical (unpaired) electrons. The Hall–Kier alpha value is -3.28. The van der Waals surface area contributed by atoms with Gasteiger partial charge in [-0.1, -0.05) is 30.3 Å². The number of ether oxygens (including phenoxy) is 2. The van der Waals surface area contributed by atoms with Crippen LogP contribution in [0.2, 0.25) is 0 Å². The van der Waals surface area contributed by atoms with Gasteiger partial charge in [-0.25, -0.2) is 4.98 Å². The predicted molar refractivity (Wildman–Crippen MR) is 114 cm³/mol. The second-order valence-electron chi connectivity index (χ2n) is 7.39. The summed E-state index contributed by atoms with van der Waals surface area (Å²) < 4.78 is 10.8. The number of hydrogen-bond donors (Lipinski definition) is 2. The lowest BCUT2D eigenvalue weighted by molar-refractivity contribution is 0.405. The highest BCUT2D eigenvalue weighted by Gasteiger charge is 2.14. The van der Waals surface area contributed by atoms with Crippen molar-refractivity contribution < 1.29 is 9.47 Å². The summed E-state index contributed by atoms with van der Waals surface area (Å²) in [5, 5.41) is 6.69. The molecule has 0 saturated carbocycles. The van der Waals surface area contributed by atoms with Crippen LogP contribution in [0, 0.1) is 0 Å². The molecule has 0 saturated heterocycles. The van der Waals surface area contributed by atoms with Gasteiger partial charge in [0.15, 0.2) is 0 Å². The highest BCUT2D eigenvalue weighted by molar-refractivity contribution is 5.69. The van der Waals surface area contributed by atoms with Crippen molar-refractivity contribution in [1.82, 2.24) is 9.97 Å². The molecule has 146 valence electrons. The van der Waals surface area contributed by atoms with Gasteiger partial charge in [-0.3, -0.25) is 0 Å². The van der Waals surface area contributed by atoms with Crippen molar-refractivity contribution in [3.63, 3.8) is 0 Å². The maximum Gasteiger partial charge on any atom is 0.229 e. The van der Waals surface area contributed by atoms with E-state index in [4.69, 9.17) is 14.5 Å². The third-order valence-corrected chi connectivity index (χ3v) is 3.95. The second-order valence-corrected chi connectivity index (χ2v) is 7.39. The Balaban J connectivity index is 2.04. The van der Waals surface area contributed by atoms with Crippen molar-refractivity contribution in [3.05, 3.63) is 54.6 Å². The van der Waals surface area contributed by atoms with E-state index in [1.165, 1.54) is 0 Å². The Morgan fingerprint density at radius 1 is 0.857 bits per heavy atom. The van der Waals surface area contributed by atoms with Crippen LogP contribution in [0.3, 0.4) is 0 Å². The summed E-state index contributed by atoms with van der Waals surface area (Å²) in [5.41, 5.74) is 2.44. The molecule has 2 N–H and O–H groups in total. The molecule has 0 bridgehead atoms. The highest BCUT2D eigenvalue weighted by Crippen LogP contribution is 2.32. The lowest BCUT2D eigenvalue weighted by Gasteiger charge is -2.22. The lowest BCUT2D eigenvalue weighted by atomic mass is 10.1. The summed E-state index contributed by atoms with van der Waals surface area (Å²) in [5.74, 6) is 2.61. The summed E-state index contributed by atoms with van der Waals surface area (Å²) in [6, 6.07) is 17.5. The molecule has 0 aliphatic carbocycles. The van der Waals surface area contributed by atoms with Gasteiger partial charge in [-0.15, -0.1) is 0 Å². The Bertz CT molecular complexity index is 937. The van der Waals surface area contributed by atoms with Gasteiger partial charge in [-0.05, 0) is 32.9 Å². The molecule has 1 aromatic heterocycles. The first kappa shape index (κ1) is 19.5. The molecule has 3 aromatic rings. The molecular weight excluding hydrogens is 352 g/mol. The number of aromatic nitrogens is 2. The van der Waals surface area contributed by atoms with Gasteiger partial charge < -0.3 is 20.1 Å². The fourth-order valence-corrected chi connectivity index (χ4v) is 2.74. The zero-order chi connectivity index (χ0) is 20.1. The molecule has 6 nitrogen and oxygen atoms in total. The third-order valence-electron chi connectivity index (χ3n) is 3.95. The number of rotatable bonds is 6. The molecule has 6 heteroatoms. The minimum Gasteiger partial charge on any atom is -0.497 e. The molecule has 28 heavy (non-hydrogen) atoms. The van der Waals surface area contributed by atoms with Crippen LogP contribution < -0.4 is 20.1 Å². The zero-order valence-electron chi connectivity index (χ0n) is 16.9. The van der Waals surface area contributed by atoms with E-state index in [0.29, 0.717) is 11.7 Å². The van der Waals surface area contributed by atoms with E-state index >= 15 is 0 Å². The summed E-state index contributed by atoms with van der Waals surface area (Å²) in [6.45, 7) is 6.28. The minimum atomic E-state index is -0.132. The molecule has 0 aliphatic heterocycles. The third kappa shape index (κ3) is 4.91. The summed E-state index contributed by atoms with van der Waals surface area (Å²) in [6.07, 6.45) is 0. The van der Waals surface area contributed by atoms with Gasteiger partial charge in [0.05, 0.1) is 25.6 Å². The van der Waals surface area contributed by atoms with E-state index in [0.717, 1.165) is 28.5 Å². The average Bonchev–Trinajstić information content (AvgIpc) is 2.67. The van der Waals surface area contributed by atoms with E-state index < -0.39 is 0 Å². The van der Waals surface area contributed by atoms with Crippen molar-refractivity contribution in [2.45, 2.75) is 26.3 Å². The SMILES string of the molecule is COc1ccc(OC)c(Nc2nc(NC(C)(C)C)cc(-c3ccccc3)n2)c1. The van der Waals surface area contributed by atoms with Gasteiger partial charge in [0, 0.05) is 23.2 Å². The van der Waals surface area contributed by atoms with Gasteiger partial charge >= 0.3 is 0 Å². The molecule has 3 rings (SSSR count). The maximum atomic E-state index is 5.45. The maximum absolute atomic E-state index is 5.45. The molecular formula is C22H26N4O2. The quantitative estimate of drug-likeness (QED) is 0.621. The average molecular weight is 378 g/mol. The molecule has 0 spiro atoms. The molecule has 1 heterocycles. The van der Waals surface area contributed by atoms with Crippen LogP contribution in [0.5, 0.6) is 11.5 Å². The normalized spacial score (nSPS) is 11.0. The number of methoxy groups -OCH3 is 2. The van der Waals surface area contributed by atoms with Gasteiger partial charge in [-0.2, -0.15) is 4.98 Å². The van der Waals surface area contributed by atoms with Crippen molar-refractivity contribution >= 4 is 17.5 Å². The Kier molecular flexibility index (Phi) is 5.68. The van der Waals surface area contributed by atoms with Crippen molar-refractivity contribution in [3.8, 4) is 22.8 Å². The number of anilines is 3. The first-order chi connectivity index (χ1) is 13.4. The molecule has 0 aliphatic rings. The van der Waals surface area contributed by atoms with Crippen molar-refractivity contribution in [2.75, 3.05) is 24.9 Å². The fraction of sp³-hybridized carbons (Fsp3) is 0.273. The van der Waals surface area contributed by atoms with E-state index in [2.05, 4.69) is 36.4 Å². The molecule has 0 fully saturated rings. The predicted octanol–water partition coefficient (Wildman–Crippen LogP) is 5.11. The molecule has 2 aromatic carbocycles. The molecule has 0 unspecified atom stereocenters. The highest BCUT2D eigenvalue weighted by atomic mass is 16.5. The van der Waals surface area contributed by atoms with Crippen molar-refractivity contribution in [1.29, 1.82) is 0 Å². The first-order valence-electron chi connectivity index (χ1n) is 9.10. The van der Waals surface area contributed by atoms with Gasteiger partial charge in [0.25, 0.3) is 0 Å². The van der Waals surface area contributed by atoms with Crippen LogP contribution in [0.4, 0.5) is 17.5 Å². The van der Waals surface area contributed by atoms with Crippen molar-refractivity contribution in [2.24, 2.45) is 0 Å². The van der Waals surface area contributed by atoms with Crippen LogP contribution in [0.25, 0.3) is 11.3 Å². The molecule has 0 atom stereocenters. The van der Waals surface area contributed by atoms with E-state index in [9.17, 15) is 0 Å². The molecule has 0 amide bonds. The van der Waals surface area contributed by atoms with Crippen LogP contribution in [0.1, 0.15) is 20.8 Å². The van der Waals surface area contributed by atoms with E-state index in [-0.39, 0.29) is 5.54 Å². The topological polar surface area (TPSA) is 68.3 Å². The largest absolute Gasteiger partial charge is 0.497 e. The van der Waals surface area contributed by atoms with Crippen LogP contribution in [-0.2, 0) is 0 Å². The number of benzene rings is 2. The van der Waals surface area contributed by atoms with E-state index in [1.54, 1.807) is 14.2 Å². The van der Waals surface area contributed by atoms with Crippen LogP contribution >= 0.6 is 0 Å². The summed E-state index contributed by atoms with van der Waals surface area (Å²) >= 11 is 0. The zero-order valence-corrected chi connectivity index (χ0v) is 16.9. The smallest absolute Gasteiger partial charge is 0.229 e. The number of nitrogens with zero attached hydrogens (tertiary/aromatic N) is 2. The Morgan fingerprint density at radius 3 is 2.25 bits per heavy atom. The van der Waals surface area contributed by atoms with Gasteiger partial charge in [0.2, 0.25) is 5.95 Å². The number of hydrogen-bond acceptors (Lipinski definition) is 6. The minimum absolute atomic E-state index is 0.132. The first-order valence-corrected chi connectivity index (χ1v) is 9.10. The monoisotopic (exact) mass is 378 g/mol. The van der Waals surface area contributed by atoms with Gasteiger partial charge in [0.1, 0.15) is 17.3 Å². The standard InChI is InChI=1S/C22H26N4O2/c1-22(2,3)26-20-14-17(15-9-7-6-8-10-15)23-21(25-20)24-18-13-16(27-4)11-12-19(18)28-5/h6-14H,1-5H3,(H2,23,24,25,26). The second kappa shape index (κ2) is 8.17. The number of nitrogens with one attached hydrogen (secondary N) is 2. The summed E-state index contributed by atoms with van der Waals surface area (Å²) in [7, 11) is 3.25. The summed E-state index contributed by atoms with van der Waals surface area (Å²) in [4.78, 5) is 9.34. The fourth-order valence-electron chi connectivity index (χ4n) is 2.74. The van der Waals surface area contributed by atoms with E-state index in [1.807, 2.05) is 54.6 Å². The lowest BCUT2D eigenvalue weighted by Crippen LogP contribution is -2.26. The van der Waals surface area contributed by atoms with Crippen LogP contribution in [-0.4, -0.2) is 29.7 Å².